The Hall–Kier alpha value is -5.92. The van der Waals surface area contributed by atoms with Crippen LogP contribution in [0.15, 0.2) is 132 Å². The molecule has 6 bridgehead atoms. The average molecular weight is 1430 g/mol. The number of H-pyrrole nitrogens is 3. The number of benzene rings is 3. The Balaban J connectivity index is 0.000000159. The molecule has 6 saturated heterocycles. The van der Waals surface area contributed by atoms with Crippen molar-refractivity contribution in [3.05, 3.63) is 190 Å². The Morgan fingerprint density at radius 2 is 0.965 bits per heavy atom. The molecule has 3 aromatic heterocycles. The van der Waals surface area contributed by atoms with Crippen LogP contribution in [0, 0.1) is 7.14 Å². The van der Waals surface area contributed by atoms with Crippen molar-refractivity contribution in [3.63, 3.8) is 0 Å². The van der Waals surface area contributed by atoms with Crippen LogP contribution in [0.25, 0.3) is 0 Å². The highest BCUT2D eigenvalue weighted by Gasteiger charge is 2.63. The van der Waals surface area contributed by atoms with Gasteiger partial charge in [0.2, 0.25) is 0 Å². The number of halogens is 3. The molecule has 0 amide bonds. The summed E-state index contributed by atoms with van der Waals surface area (Å²) in [4.78, 5) is 83.6. The number of aromatic amines is 3. The molecule has 0 aliphatic carbocycles. The van der Waals surface area contributed by atoms with Crippen molar-refractivity contribution in [2.45, 2.75) is 105 Å². The van der Waals surface area contributed by atoms with Gasteiger partial charge < -0.3 is 68.5 Å². The van der Waals surface area contributed by atoms with Crippen LogP contribution in [-0.2, 0) is 38.1 Å². The number of carboxylic acids is 1. The van der Waals surface area contributed by atoms with Gasteiger partial charge in [0.1, 0.15) is 69.8 Å². The molecule has 85 heavy (non-hydrogen) atoms. The first-order chi connectivity index (χ1) is 39.9. The Labute approximate surface area is 514 Å². The first-order valence-corrected chi connectivity index (χ1v) is 28.2. The molecule has 0 spiro atoms. The Morgan fingerprint density at radius 1 is 0.612 bits per heavy atom. The molecule has 0 saturated carbocycles. The van der Waals surface area contributed by atoms with Crippen molar-refractivity contribution in [1.29, 1.82) is 0 Å². The zero-order valence-electron chi connectivity index (χ0n) is 45.0. The van der Waals surface area contributed by atoms with Gasteiger partial charge in [0.15, 0.2) is 18.7 Å². The molecule has 9 heterocycles. The lowest BCUT2D eigenvalue weighted by molar-refractivity contribution is -0.187. The summed E-state index contributed by atoms with van der Waals surface area (Å²) in [7, 11) is 3.31. The predicted molar refractivity (Wildman–Crippen MR) is 318 cm³/mol. The van der Waals surface area contributed by atoms with Gasteiger partial charge in [-0.3, -0.25) is 47.8 Å². The first kappa shape index (κ1) is 66.6. The van der Waals surface area contributed by atoms with Crippen LogP contribution >= 0.6 is 56.8 Å². The Morgan fingerprint density at radius 3 is 1.32 bits per heavy atom. The predicted octanol–water partition coefficient (Wildman–Crippen LogP) is 1.26. The molecule has 6 aliphatic heterocycles. The monoisotopic (exact) mass is 1430 g/mol. The van der Waals surface area contributed by atoms with E-state index in [1.807, 2.05) is 108 Å². The van der Waals surface area contributed by atoms with Crippen molar-refractivity contribution in [3.8, 4) is 11.5 Å². The van der Waals surface area contributed by atoms with E-state index >= 15 is 0 Å². The number of methoxy groups -OCH3 is 2. The highest BCUT2D eigenvalue weighted by atomic mass is 127. The number of aliphatic hydroxyl groups excluding tert-OH is 5. The topological polar surface area (TPSA) is 377 Å². The number of rotatable bonds is 11. The van der Waals surface area contributed by atoms with E-state index in [0.29, 0.717) is 20.2 Å². The van der Waals surface area contributed by atoms with Gasteiger partial charge in [0.05, 0.1) is 54.4 Å². The third-order valence-electron chi connectivity index (χ3n) is 14.8. The number of aliphatic hydroxyl groups is 5. The van der Waals surface area contributed by atoms with Crippen LogP contribution in [0.2, 0.25) is 0 Å². The number of fused-ring (bicyclic) bond motifs is 6. The summed E-state index contributed by atoms with van der Waals surface area (Å²) < 4.78 is 47.9. The molecule has 3 unspecified atom stereocenters. The van der Waals surface area contributed by atoms with Crippen LogP contribution in [0.4, 0.5) is 0 Å². The Kier molecular flexibility index (Phi) is 21.5. The molecular weight excluding hydrogens is 1370 g/mol. The zero-order chi connectivity index (χ0) is 61.1. The van der Waals surface area contributed by atoms with Crippen molar-refractivity contribution >= 4 is 62.8 Å². The van der Waals surface area contributed by atoms with Gasteiger partial charge in [-0.05, 0) is 92.6 Å². The number of carboxylic acid groups (broad SMARTS) is 1. The lowest BCUT2D eigenvalue weighted by atomic mass is 9.84. The molecule has 6 fully saturated rings. The molecular formula is C55H63ClI2N6O21. The van der Waals surface area contributed by atoms with E-state index in [4.69, 9.17) is 59.4 Å². The number of aliphatic carboxylic acids is 1. The third kappa shape index (κ3) is 13.2. The maximum Gasteiger partial charge on any atom is 0.330 e. The number of carbonyl (C=O) groups is 1. The fraction of sp³-hybridized carbons (Fsp3) is 0.436. The van der Waals surface area contributed by atoms with E-state index in [0.717, 1.165) is 44.2 Å². The molecule has 6 aromatic rings. The molecule has 6 aliphatic rings. The van der Waals surface area contributed by atoms with Crippen molar-refractivity contribution in [2.75, 3.05) is 47.3 Å². The highest BCUT2D eigenvalue weighted by molar-refractivity contribution is 14.1. The summed E-state index contributed by atoms with van der Waals surface area (Å²) in [5, 5.41) is 56.2. The van der Waals surface area contributed by atoms with E-state index in [-0.39, 0.29) is 20.6 Å². The molecule has 9 N–H and O–H groups in total. The molecule has 12 rings (SSSR count). The van der Waals surface area contributed by atoms with E-state index < -0.39 is 130 Å². The van der Waals surface area contributed by atoms with E-state index in [2.05, 4.69) is 15.0 Å². The van der Waals surface area contributed by atoms with E-state index in [1.54, 1.807) is 36.8 Å². The van der Waals surface area contributed by atoms with E-state index in [9.17, 15) is 54.3 Å². The van der Waals surface area contributed by atoms with Gasteiger partial charge in [-0.1, -0.05) is 68.9 Å². The minimum absolute atomic E-state index is 0. The quantitative estimate of drug-likeness (QED) is 0.0501. The SMILES string of the molecule is C.CC(=O)O.CC[C@@]12COC([C@H](n3cc(I)c(=O)[nH]c3=O)O1)[C@H]2O.COc1ccc(C(Cl)(c2ccccc2)c2ccc(OC)cc2)cc1.O=c1[nH]c(=O)n([C@@H]2O[C@@]3(CO)COC2[C@H]3O)cc1I.O=c1ccn([C@@H]2O[C@@]3(CO)COC2[C@H]3O)c(=O)[nH]1. The summed E-state index contributed by atoms with van der Waals surface area (Å²) in [6.07, 6.45) is -2.65. The van der Waals surface area contributed by atoms with Gasteiger partial charge in [-0.2, -0.15) is 0 Å². The summed E-state index contributed by atoms with van der Waals surface area (Å²) in [5.41, 5.74) is -3.44. The minimum Gasteiger partial charge on any atom is -0.497 e. The smallest absolute Gasteiger partial charge is 0.330 e. The van der Waals surface area contributed by atoms with Crippen LogP contribution in [-0.4, -0.2) is 166 Å². The fourth-order valence-electron chi connectivity index (χ4n) is 10.2. The van der Waals surface area contributed by atoms with Crippen LogP contribution in [0.5, 0.6) is 11.5 Å². The van der Waals surface area contributed by atoms with Crippen molar-refractivity contribution < 1.29 is 73.3 Å². The summed E-state index contributed by atoms with van der Waals surface area (Å²) in [6.45, 7) is 2.64. The summed E-state index contributed by atoms with van der Waals surface area (Å²) in [6, 6.07) is 27.0. The van der Waals surface area contributed by atoms with Gasteiger partial charge in [0.25, 0.3) is 22.6 Å². The van der Waals surface area contributed by atoms with Crippen LogP contribution in [0.3, 0.4) is 0 Å². The molecule has 460 valence electrons. The zero-order valence-corrected chi connectivity index (χ0v) is 50.1. The summed E-state index contributed by atoms with van der Waals surface area (Å²) >= 11 is 10.9. The van der Waals surface area contributed by atoms with Crippen LogP contribution in [0.1, 0.15) is 63.1 Å². The molecule has 3 aromatic carbocycles. The lowest BCUT2D eigenvalue weighted by Gasteiger charge is -2.30. The number of nitrogens with zero attached hydrogens (tertiary/aromatic N) is 3. The molecule has 30 heteroatoms. The molecule has 27 nitrogen and oxygen atoms in total. The van der Waals surface area contributed by atoms with Gasteiger partial charge >= 0.3 is 17.1 Å². The number of ether oxygens (including phenoxy) is 8. The lowest BCUT2D eigenvalue weighted by Crippen LogP contribution is -2.44. The number of hydrogen-bond acceptors (Lipinski definition) is 20. The van der Waals surface area contributed by atoms with Crippen molar-refractivity contribution in [1.82, 2.24) is 28.7 Å². The fourth-order valence-corrected chi connectivity index (χ4v) is 11.5. The third-order valence-corrected chi connectivity index (χ3v) is 17.0. The second kappa shape index (κ2) is 27.4. The number of hydrogen-bond donors (Lipinski definition) is 9. The number of nitrogens with one attached hydrogen (secondary N) is 3. The molecule has 0 radical (unpaired) electrons. The van der Waals surface area contributed by atoms with E-state index in [1.165, 1.54) is 29.2 Å². The largest absolute Gasteiger partial charge is 0.497 e. The maximum atomic E-state index is 11.8. The van der Waals surface area contributed by atoms with Crippen molar-refractivity contribution in [2.24, 2.45) is 0 Å². The number of alkyl halides is 1. The maximum absolute atomic E-state index is 11.8. The minimum atomic E-state index is -1.20. The van der Waals surface area contributed by atoms with Gasteiger partial charge in [-0.15, -0.1) is 11.6 Å². The standard InChI is InChI=1S/C21H19ClO2.C11H13IN2O5.C10H11IN2O6.C10H12N2O6.C2H4O2.CH4/c1-23-19-12-8-17(9-13-19)21(22,16-6-4-3-5-7-16)18-10-14-20(24-2)15-11-18;1-2-11-4-18-6(7(11)15)9(19-11)14-3-5(12)8(16)13-10(14)17;11-4-1-13(9(17)12-7(4)16)8-5-6(15)10(2-14,19-8)3-18-5;13-3-10-4-17-6(7(10)15)8(18-10)12-2-1-5(14)11-9(12)16;1-2(3)4;/h3-15H,1-2H3;3,6-7,9,15H,2,4H2,1H3,(H,13,16,17);1,5-6,8,14-15H,2-3H2,(H,12,16,17);1-2,6-8,13,15H,3-4H2,(H,11,14,16);1H3,(H,3,4);1H4/t;6?,7-,9-,11+;5?,6-,8-,10+;6?,7-,8-,10+;;/m.111../s1. The first-order valence-electron chi connectivity index (χ1n) is 25.7. The Bertz CT molecular complexity index is 3500. The highest BCUT2D eigenvalue weighted by Crippen LogP contribution is 2.48. The normalized spacial score (nSPS) is 28.0. The average Bonchev–Trinajstić information content (AvgIpc) is 1.72. The van der Waals surface area contributed by atoms with Gasteiger partial charge in [0, 0.05) is 31.6 Å². The second-order valence-electron chi connectivity index (χ2n) is 19.9. The number of aromatic nitrogens is 6. The second-order valence-corrected chi connectivity index (χ2v) is 22.7. The molecule has 12 atom stereocenters. The summed E-state index contributed by atoms with van der Waals surface area (Å²) in [5.74, 6) is 0.779. The van der Waals surface area contributed by atoms with Crippen LogP contribution < -0.4 is 43.2 Å². The van der Waals surface area contributed by atoms with Gasteiger partial charge in [-0.25, -0.2) is 14.4 Å².